The Kier molecular flexibility index (Phi) is 5.45. The maximum Gasteiger partial charge on any atom is 0.0602 e. The van der Waals surface area contributed by atoms with Gasteiger partial charge in [0.2, 0.25) is 0 Å². The quantitative estimate of drug-likeness (QED) is 0.890. The van der Waals surface area contributed by atoms with E-state index in [-0.39, 0.29) is 6.04 Å². The second-order valence-corrected chi connectivity index (χ2v) is 5.95. The number of benzene rings is 1. The van der Waals surface area contributed by atoms with Crippen LogP contribution < -0.4 is 11.2 Å². The fourth-order valence-electron chi connectivity index (χ4n) is 2.27. The van der Waals surface area contributed by atoms with Crippen LogP contribution in [0, 0.1) is 0 Å². The Morgan fingerprint density at radius 2 is 2.06 bits per heavy atom. The highest BCUT2D eigenvalue weighted by molar-refractivity contribution is 9.10. The third-order valence-electron chi connectivity index (χ3n) is 3.26. The molecule has 0 aliphatic carbocycles. The van der Waals surface area contributed by atoms with Gasteiger partial charge in [0.1, 0.15) is 0 Å². The highest BCUT2D eigenvalue weighted by Crippen LogP contribution is 2.26. The molecule has 0 aromatic heterocycles. The Labute approximate surface area is 122 Å². The number of piperidine rings is 1. The number of hydrazine groups is 1. The van der Waals surface area contributed by atoms with Gasteiger partial charge in [0, 0.05) is 29.1 Å². The standard InChI is InChI=1S/C13H19BrClN3/c14-10-4-5-12(15)11(8-10)13(9-16)17-18-6-2-1-3-7-18/h4-5,8,13,17H,1-3,6-7,9,16H2. The summed E-state index contributed by atoms with van der Waals surface area (Å²) in [5, 5.41) is 3.02. The number of hydrogen-bond donors (Lipinski definition) is 2. The molecule has 1 heterocycles. The Morgan fingerprint density at radius 3 is 2.72 bits per heavy atom. The van der Waals surface area contributed by atoms with Crippen molar-refractivity contribution in [1.82, 2.24) is 10.4 Å². The molecule has 0 spiro atoms. The Morgan fingerprint density at radius 1 is 1.33 bits per heavy atom. The summed E-state index contributed by atoms with van der Waals surface area (Å²) in [5.74, 6) is 0. The molecule has 1 atom stereocenters. The van der Waals surface area contributed by atoms with Crippen molar-refractivity contribution in [1.29, 1.82) is 0 Å². The van der Waals surface area contributed by atoms with Gasteiger partial charge in [0.15, 0.2) is 0 Å². The summed E-state index contributed by atoms with van der Waals surface area (Å²) in [5.41, 5.74) is 10.4. The predicted molar refractivity (Wildman–Crippen MR) is 79.5 cm³/mol. The van der Waals surface area contributed by atoms with E-state index in [2.05, 4.69) is 26.4 Å². The van der Waals surface area contributed by atoms with Crippen LogP contribution in [0.3, 0.4) is 0 Å². The summed E-state index contributed by atoms with van der Waals surface area (Å²) in [6, 6.07) is 5.96. The molecule has 0 saturated carbocycles. The van der Waals surface area contributed by atoms with Gasteiger partial charge in [-0.15, -0.1) is 0 Å². The normalized spacial score (nSPS) is 18.8. The highest BCUT2D eigenvalue weighted by Gasteiger charge is 2.18. The van der Waals surface area contributed by atoms with Crippen molar-refractivity contribution in [2.24, 2.45) is 5.73 Å². The highest BCUT2D eigenvalue weighted by atomic mass is 79.9. The van der Waals surface area contributed by atoms with Gasteiger partial charge in [-0.3, -0.25) is 0 Å². The molecule has 0 amide bonds. The van der Waals surface area contributed by atoms with E-state index in [1.54, 1.807) is 0 Å². The molecule has 3 N–H and O–H groups in total. The maximum absolute atomic E-state index is 6.25. The van der Waals surface area contributed by atoms with Crippen LogP contribution in [0.5, 0.6) is 0 Å². The van der Waals surface area contributed by atoms with Crippen molar-refractivity contribution in [3.05, 3.63) is 33.3 Å². The minimum Gasteiger partial charge on any atom is -0.329 e. The summed E-state index contributed by atoms with van der Waals surface area (Å²) in [7, 11) is 0. The number of rotatable bonds is 4. The van der Waals surface area contributed by atoms with Crippen LogP contribution >= 0.6 is 27.5 Å². The Hall–Kier alpha value is -0.130. The lowest BCUT2D eigenvalue weighted by atomic mass is 10.1. The van der Waals surface area contributed by atoms with E-state index in [4.69, 9.17) is 17.3 Å². The first kappa shape index (κ1) is 14.3. The monoisotopic (exact) mass is 331 g/mol. The van der Waals surface area contributed by atoms with Crippen LogP contribution in [0.2, 0.25) is 5.02 Å². The summed E-state index contributed by atoms with van der Waals surface area (Å²) in [6.45, 7) is 2.71. The van der Waals surface area contributed by atoms with Gasteiger partial charge in [0.05, 0.1) is 6.04 Å². The van der Waals surface area contributed by atoms with Gasteiger partial charge in [-0.1, -0.05) is 34.0 Å². The molecule has 1 aliphatic rings. The fraction of sp³-hybridized carbons (Fsp3) is 0.538. The SMILES string of the molecule is NCC(NN1CCCCC1)c1cc(Br)ccc1Cl. The number of nitrogens with two attached hydrogens (primary N) is 1. The summed E-state index contributed by atoms with van der Waals surface area (Å²) < 4.78 is 1.03. The molecule has 1 unspecified atom stereocenters. The molecule has 2 rings (SSSR count). The van der Waals surface area contributed by atoms with Gasteiger partial charge < -0.3 is 5.73 Å². The number of halogens is 2. The van der Waals surface area contributed by atoms with E-state index in [0.29, 0.717) is 6.54 Å². The topological polar surface area (TPSA) is 41.3 Å². The second kappa shape index (κ2) is 6.87. The van der Waals surface area contributed by atoms with E-state index in [1.165, 1.54) is 19.3 Å². The summed E-state index contributed by atoms with van der Waals surface area (Å²) in [6.07, 6.45) is 3.82. The lowest BCUT2D eigenvalue weighted by Crippen LogP contribution is -2.45. The zero-order chi connectivity index (χ0) is 13.0. The van der Waals surface area contributed by atoms with Crippen LogP contribution in [0.15, 0.2) is 22.7 Å². The molecule has 5 heteroatoms. The molecular weight excluding hydrogens is 314 g/mol. The average Bonchev–Trinajstić information content (AvgIpc) is 2.40. The van der Waals surface area contributed by atoms with Gasteiger partial charge in [-0.05, 0) is 36.6 Å². The lowest BCUT2D eigenvalue weighted by Gasteiger charge is -2.31. The largest absolute Gasteiger partial charge is 0.329 e. The molecule has 1 aromatic carbocycles. The van der Waals surface area contributed by atoms with Gasteiger partial charge in [-0.2, -0.15) is 0 Å². The van der Waals surface area contributed by atoms with Crippen LogP contribution in [-0.2, 0) is 0 Å². The van der Waals surface area contributed by atoms with E-state index in [0.717, 1.165) is 28.1 Å². The molecule has 100 valence electrons. The zero-order valence-corrected chi connectivity index (χ0v) is 12.7. The van der Waals surface area contributed by atoms with Crippen molar-refractivity contribution in [2.45, 2.75) is 25.3 Å². The van der Waals surface area contributed by atoms with Gasteiger partial charge >= 0.3 is 0 Å². The fourth-order valence-corrected chi connectivity index (χ4v) is 2.90. The first-order valence-corrected chi connectivity index (χ1v) is 7.54. The van der Waals surface area contributed by atoms with Crippen molar-refractivity contribution in [2.75, 3.05) is 19.6 Å². The van der Waals surface area contributed by atoms with E-state index < -0.39 is 0 Å². The van der Waals surface area contributed by atoms with E-state index in [1.807, 2.05) is 18.2 Å². The smallest absolute Gasteiger partial charge is 0.0602 e. The van der Waals surface area contributed by atoms with Crippen molar-refractivity contribution in [3.63, 3.8) is 0 Å². The summed E-state index contributed by atoms with van der Waals surface area (Å²) in [4.78, 5) is 0. The molecule has 1 aliphatic heterocycles. The lowest BCUT2D eigenvalue weighted by molar-refractivity contribution is 0.130. The van der Waals surface area contributed by atoms with E-state index in [9.17, 15) is 0 Å². The minimum atomic E-state index is 0.0769. The minimum absolute atomic E-state index is 0.0769. The number of nitrogens with one attached hydrogen (secondary N) is 1. The maximum atomic E-state index is 6.25. The van der Waals surface area contributed by atoms with Crippen molar-refractivity contribution < 1.29 is 0 Å². The van der Waals surface area contributed by atoms with Gasteiger partial charge in [-0.25, -0.2) is 10.4 Å². The molecule has 1 fully saturated rings. The number of hydrogen-bond acceptors (Lipinski definition) is 3. The van der Waals surface area contributed by atoms with Crippen LogP contribution in [0.1, 0.15) is 30.9 Å². The Bertz CT molecular complexity index is 394. The molecule has 0 radical (unpaired) electrons. The van der Waals surface area contributed by atoms with Crippen LogP contribution in [0.4, 0.5) is 0 Å². The Balaban J connectivity index is 2.09. The molecular formula is C13H19BrClN3. The molecule has 1 aromatic rings. The van der Waals surface area contributed by atoms with Crippen molar-refractivity contribution >= 4 is 27.5 Å². The number of nitrogens with zero attached hydrogens (tertiary/aromatic N) is 1. The predicted octanol–water partition coefficient (Wildman–Crippen LogP) is 3.09. The third-order valence-corrected chi connectivity index (χ3v) is 4.10. The molecule has 3 nitrogen and oxygen atoms in total. The van der Waals surface area contributed by atoms with E-state index >= 15 is 0 Å². The molecule has 0 bridgehead atoms. The third kappa shape index (κ3) is 3.68. The van der Waals surface area contributed by atoms with Crippen LogP contribution in [0.25, 0.3) is 0 Å². The van der Waals surface area contributed by atoms with Gasteiger partial charge in [0.25, 0.3) is 0 Å². The molecule has 18 heavy (non-hydrogen) atoms. The molecule has 1 saturated heterocycles. The van der Waals surface area contributed by atoms with Crippen LogP contribution in [-0.4, -0.2) is 24.6 Å². The first-order valence-electron chi connectivity index (χ1n) is 6.37. The average molecular weight is 333 g/mol. The van der Waals surface area contributed by atoms with Crippen molar-refractivity contribution in [3.8, 4) is 0 Å². The first-order chi connectivity index (χ1) is 8.70. The summed E-state index contributed by atoms with van der Waals surface area (Å²) >= 11 is 9.73. The second-order valence-electron chi connectivity index (χ2n) is 4.63. The zero-order valence-electron chi connectivity index (χ0n) is 10.3.